The summed E-state index contributed by atoms with van der Waals surface area (Å²) in [6.45, 7) is 0. The van der Waals surface area contributed by atoms with Gasteiger partial charge >= 0.3 is 0 Å². The highest BCUT2D eigenvalue weighted by atomic mass is 33.1. The van der Waals surface area contributed by atoms with Crippen molar-refractivity contribution in [2.45, 2.75) is 72.6 Å². The Labute approximate surface area is 168 Å². The van der Waals surface area contributed by atoms with E-state index in [1.54, 1.807) is 0 Å². The van der Waals surface area contributed by atoms with Gasteiger partial charge in [-0.2, -0.15) is 0 Å². The van der Waals surface area contributed by atoms with Gasteiger partial charge in [-0.15, -0.1) is 0 Å². The van der Waals surface area contributed by atoms with Crippen molar-refractivity contribution in [3.63, 3.8) is 0 Å². The zero-order valence-electron chi connectivity index (χ0n) is 14.9. The van der Waals surface area contributed by atoms with Crippen molar-refractivity contribution in [1.82, 2.24) is 9.80 Å². The molecule has 8 nitrogen and oxygen atoms in total. The number of fused-ring (bicyclic) bond motifs is 3. The topological polar surface area (TPSA) is 115 Å². The fourth-order valence-electron chi connectivity index (χ4n) is 6.37. The number of rotatable bonds is 0. The number of hydrogen-bond donors (Lipinski definition) is 2. The molecule has 28 heavy (non-hydrogen) atoms. The van der Waals surface area contributed by atoms with E-state index in [1.807, 2.05) is 0 Å². The number of amides is 2. The highest BCUT2D eigenvalue weighted by Crippen LogP contribution is 2.69. The SMILES string of the molecule is O=C1CC[C@H](O)[C@@H]2[C@H]1C[C@]13SS[C@@]4(C[C@H]5C(=O)CC[C@H](O)[C@H]5N4C1=O)C(=O)N23. The number of carbonyl (C=O) groups is 4. The van der Waals surface area contributed by atoms with Crippen LogP contribution in [0.4, 0.5) is 0 Å². The molecule has 0 aromatic carbocycles. The quantitative estimate of drug-likeness (QED) is 0.508. The second-order valence-corrected chi connectivity index (χ2v) is 11.5. The van der Waals surface area contributed by atoms with Gasteiger partial charge in [0.2, 0.25) is 0 Å². The molecule has 2 aliphatic carbocycles. The molecule has 10 heteroatoms. The van der Waals surface area contributed by atoms with E-state index in [4.69, 9.17) is 0 Å². The van der Waals surface area contributed by atoms with Crippen LogP contribution in [0.2, 0.25) is 0 Å². The van der Waals surface area contributed by atoms with Crippen molar-refractivity contribution in [2.24, 2.45) is 11.8 Å². The first kappa shape index (κ1) is 17.7. The zero-order valence-corrected chi connectivity index (χ0v) is 16.6. The highest BCUT2D eigenvalue weighted by molar-refractivity contribution is 8.78. The lowest BCUT2D eigenvalue weighted by atomic mass is 9.80. The molecule has 2 spiro atoms. The summed E-state index contributed by atoms with van der Waals surface area (Å²) in [4.78, 5) is 53.1. The highest BCUT2D eigenvalue weighted by Gasteiger charge is 2.79. The van der Waals surface area contributed by atoms with Crippen LogP contribution in [0.3, 0.4) is 0 Å². The zero-order chi connectivity index (χ0) is 19.6. The number of aliphatic hydroxyl groups is 2. The fraction of sp³-hybridized carbons (Fsp3) is 0.778. The van der Waals surface area contributed by atoms with E-state index in [0.29, 0.717) is 12.8 Å². The number of Topliss-reactive ketones (excluding diaryl/α,β-unsaturated/α-hetero) is 2. The summed E-state index contributed by atoms with van der Waals surface area (Å²) in [7, 11) is 2.60. The molecule has 5 heterocycles. The minimum absolute atomic E-state index is 0.00265. The number of carbonyl (C=O) groups excluding carboxylic acids is 4. The number of nitrogens with zero attached hydrogens (tertiary/aromatic N) is 2. The smallest absolute Gasteiger partial charge is 0.261 e. The third kappa shape index (κ3) is 1.76. The Bertz CT molecular complexity index is 784. The minimum Gasteiger partial charge on any atom is -0.391 e. The van der Waals surface area contributed by atoms with Crippen LogP contribution in [-0.4, -0.2) is 77.4 Å². The summed E-state index contributed by atoms with van der Waals surface area (Å²) >= 11 is 0. The van der Waals surface area contributed by atoms with Crippen LogP contribution in [0, 0.1) is 11.8 Å². The van der Waals surface area contributed by atoms with E-state index < -0.39 is 45.9 Å². The number of piperazine rings is 1. The molecule has 0 aromatic rings. The van der Waals surface area contributed by atoms with Gasteiger partial charge in [-0.25, -0.2) is 0 Å². The molecule has 7 aliphatic rings. The first-order valence-electron chi connectivity index (χ1n) is 9.78. The molecule has 5 saturated heterocycles. The molecule has 0 radical (unpaired) electrons. The first-order chi connectivity index (χ1) is 13.3. The van der Waals surface area contributed by atoms with Gasteiger partial charge < -0.3 is 20.0 Å². The standard InChI is InChI=1S/C18H20N2O6S2/c21-9-1-3-11(23)13-7(9)5-17-15(25)20-14-8(10(22)2-4-12(14)24)6-18(20,28-27-17)16(26)19(13)17/h7-8,11-14,23-24H,1-6H2/t7-,8-,11-,12-,13-,14-,17-,18-/m0/s1. The van der Waals surface area contributed by atoms with Gasteiger partial charge in [-0.1, -0.05) is 21.6 Å². The van der Waals surface area contributed by atoms with Crippen molar-refractivity contribution in [3.05, 3.63) is 0 Å². The summed E-state index contributed by atoms with van der Waals surface area (Å²) in [6, 6.07) is -1.35. The summed E-state index contributed by atoms with van der Waals surface area (Å²) in [5.74, 6) is -1.64. The Morgan fingerprint density at radius 3 is 1.54 bits per heavy atom. The molecule has 5 aliphatic heterocycles. The van der Waals surface area contributed by atoms with Crippen LogP contribution >= 0.6 is 21.6 Å². The fourth-order valence-corrected chi connectivity index (χ4v) is 10.2. The van der Waals surface area contributed by atoms with Gasteiger partial charge in [0.1, 0.15) is 11.6 Å². The molecule has 2 N–H and O–H groups in total. The summed E-state index contributed by atoms with van der Waals surface area (Å²) < 4.78 is 0. The lowest BCUT2D eigenvalue weighted by molar-refractivity contribution is -0.171. The van der Waals surface area contributed by atoms with E-state index in [-0.39, 0.29) is 49.1 Å². The van der Waals surface area contributed by atoms with Gasteiger partial charge in [-0.05, 0) is 12.8 Å². The first-order valence-corrected chi connectivity index (χ1v) is 11.9. The van der Waals surface area contributed by atoms with Crippen molar-refractivity contribution in [1.29, 1.82) is 0 Å². The summed E-state index contributed by atoms with van der Waals surface area (Å²) in [6.07, 6.45) is -0.142. The average molecular weight is 425 g/mol. The lowest BCUT2D eigenvalue weighted by Gasteiger charge is -2.59. The predicted octanol–water partition coefficient (Wildman–Crippen LogP) is -0.331. The molecule has 150 valence electrons. The molecule has 2 saturated carbocycles. The Kier molecular flexibility index (Phi) is 3.37. The normalized spacial score (nSPS) is 51.9. The molecule has 7 fully saturated rings. The van der Waals surface area contributed by atoms with Crippen LogP contribution in [0.1, 0.15) is 38.5 Å². The maximum Gasteiger partial charge on any atom is 0.261 e. The lowest BCUT2D eigenvalue weighted by Crippen LogP contribution is -2.77. The van der Waals surface area contributed by atoms with Gasteiger partial charge in [0, 0.05) is 37.5 Å². The minimum atomic E-state index is -1.23. The molecule has 2 bridgehead atoms. The van der Waals surface area contributed by atoms with Crippen LogP contribution in [0.25, 0.3) is 0 Å². The maximum atomic E-state index is 13.8. The second kappa shape index (κ2) is 5.33. The van der Waals surface area contributed by atoms with E-state index in [1.165, 1.54) is 31.4 Å². The van der Waals surface area contributed by atoms with Crippen LogP contribution in [0.15, 0.2) is 0 Å². The molecule has 7 rings (SSSR count). The summed E-state index contributed by atoms with van der Waals surface area (Å²) in [5, 5.41) is 21.2. The van der Waals surface area contributed by atoms with Crippen molar-refractivity contribution in [3.8, 4) is 0 Å². The van der Waals surface area contributed by atoms with E-state index in [9.17, 15) is 29.4 Å². The van der Waals surface area contributed by atoms with Crippen LogP contribution in [0.5, 0.6) is 0 Å². The maximum absolute atomic E-state index is 13.8. The van der Waals surface area contributed by atoms with Crippen molar-refractivity contribution >= 4 is 45.0 Å². The van der Waals surface area contributed by atoms with E-state index >= 15 is 0 Å². The molecular weight excluding hydrogens is 404 g/mol. The molecule has 0 unspecified atom stereocenters. The number of hydrogen-bond acceptors (Lipinski definition) is 8. The summed E-state index contributed by atoms with van der Waals surface area (Å²) in [5.41, 5.74) is 0. The molecule has 0 aromatic heterocycles. The van der Waals surface area contributed by atoms with Crippen molar-refractivity contribution in [2.75, 3.05) is 0 Å². The molecule has 2 amide bonds. The predicted molar refractivity (Wildman–Crippen MR) is 98.6 cm³/mol. The van der Waals surface area contributed by atoms with E-state index in [0.717, 1.165) is 0 Å². The second-order valence-electron chi connectivity index (χ2n) is 8.83. The Morgan fingerprint density at radius 2 is 1.14 bits per heavy atom. The molecule has 8 atom stereocenters. The third-order valence-electron chi connectivity index (χ3n) is 7.60. The Morgan fingerprint density at radius 1 is 0.750 bits per heavy atom. The third-order valence-corrected chi connectivity index (χ3v) is 11.2. The monoisotopic (exact) mass is 424 g/mol. The van der Waals surface area contributed by atoms with Crippen LogP contribution < -0.4 is 0 Å². The van der Waals surface area contributed by atoms with Gasteiger partial charge in [0.15, 0.2) is 9.74 Å². The average Bonchev–Trinajstić information content (AvgIpc) is 3.22. The van der Waals surface area contributed by atoms with E-state index in [2.05, 4.69) is 0 Å². The number of aliphatic hydroxyl groups excluding tert-OH is 2. The number of ketones is 2. The van der Waals surface area contributed by atoms with Gasteiger partial charge in [-0.3, -0.25) is 19.2 Å². The Balaban J connectivity index is 1.50. The molecular formula is C18H20N2O6S2. The Hall–Kier alpha value is -1.10. The van der Waals surface area contributed by atoms with Gasteiger partial charge in [0.25, 0.3) is 11.8 Å². The van der Waals surface area contributed by atoms with Crippen LogP contribution in [-0.2, 0) is 19.2 Å². The van der Waals surface area contributed by atoms with Gasteiger partial charge in [0.05, 0.1) is 24.3 Å². The largest absolute Gasteiger partial charge is 0.391 e. The van der Waals surface area contributed by atoms with Crippen molar-refractivity contribution < 1.29 is 29.4 Å².